The predicted octanol–water partition coefficient (Wildman–Crippen LogP) is 1.96. The molecule has 0 aliphatic rings. The first-order valence-corrected chi connectivity index (χ1v) is 6.52. The molecule has 4 nitrogen and oxygen atoms in total. The minimum absolute atomic E-state index is 0.0626. The van der Waals surface area contributed by atoms with E-state index in [0.29, 0.717) is 18.0 Å². The lowest BCUT2D eigenvalue weighted by molar-refractivity contribution is -0.119. The molecule has 5 heteroatoms. The average molecular weight is 280 g/mol. The van der Waals surface area contributed by atoms with Crippen LogP contribution in [-0.4, -0.2) is 31.7 Å². The molecule has 0 bridgehead atoms. The van der Waals surface area contributed by atoms with Gasteiger partial charge in [0.1, 0.15) is 4.99 Å². The Labute approximate surface area is 119 Å². The van der Waals surface area contributed by atoms with Crippen molar-refractivity contribution in [1.29, 1.82) is 0 Å². The summed E-state index contributed by atoms with van der Waals surface area (Å²) in [5.41, 5.74) is 7.16. The first-order chi connectivity index (χ1) is 8.95. The normalized spacial score (nSPS) is 11.9. The summed E-state index contributed by atoms with van der Waals surface area (Å²) in [5, 5.41) is 0. The molecule has 2 N–H and O–H groups in total. The molecule has 1 amide bonds. The number of carbonyl (C=O) groups excluding carboxylic acids is 1. The summed E-state index contributed by atoms with van der Waals surface area (Å²) < 4.78 is 5.03. The summed E-state index contributed by atoms with van der Waals surface area (Å²) in [7, 11) is 3.40. The third-order valence-corrected chi connectivity index (χ3v) is 3.12. The Morgan fingerprint density at radius 1 is 1.42 bits per heavy atom. The molecule has 0 aliphatic heterocycles. The van der Waals surface area contributed by atoms with Crippen LogP contribution < -0.4 is 10.6 Å². The summed E-state index contributed by atoms with van der Waals surface area (Å²) in [6, 6.07) is 7.32. The SMILES string of the molecule is COCC(C)CC(=O)N(C)c1ccc(C(N)=S)cc1. The van der Waals surface area contributed by atoms with Gasteiger partial charge in [0.2, 0.25) is 5.91 Å². The van der Waals surface area contributed by atoms with Gasteiger partial charge in [0.15, 0.2) is 0 Å². The van der Waals surface area contributed by atoms with Gasteiger partial charge in [-0.25, -0.2) is 0 Å². The van der Waals surface area contributed by atoms with E-state index in [-0.39, 0.29) is 11.8 Å². The summed E-state index contributed by atoms with van der Waals surface area (Å²) in [4.78, 5) is 14.1. The first kappa shape index (κ1) is 15.6. The number of methoxy groups -OCH3 is 1. The molecule has 1 aromatic rings. The van der Waals surface area contributed by atoms with E-state index in [9.17, 15) is 4.79 Å². The fourth-order valence-electron chi connectivity index (χ4n) is 1.77. The fraction of sp³-hybridized carbons (Fsp3) is 0.429. The Morgan fingerprint density at radius 3 is 2.47 bits per heavy atom. The molecule has 1 atom stereocenters. The van der Waals surface area contributed by atoms with Crippen molar-refractivity contribution in [2.24, 2.45) is 11.7 Å². The maximum absolute atomic E-state index is 12.1. The molecule has 0 spiro atoms. The molecule has 1 rings (SSSR count). The third-order valence-electron chi connectivity index (χ3n) is 2.89. The summed E-state index contributed by atoms with van der Waals surface area (Å²) in [5.74, 6) is 0.267. The highest BCUT2D eigenvalue weighted by molar-refractivity contribution is 7.80. The van der Waals surface area contributed by atoms with Gasteiger partial charge < -0.3 is 15.4 Å². The van der Waals surface area contributed by atoms with Crippen molar-refractivity contribution in [3.05, 3.63) is 29.8 Å². The van der Waals surface area contributed by atoms with E-state index in [1.54, 1.807) is 19.1 Å². The number of carbonyl (C=O) groups is 1. The lowest BCUT2D eigenvalue weighted by Gasteiger charge is -2.19. The lowest BCUT2D eigenvalue weighted by atomic mass is 10.1. The number of thiocarbonyl (C=S) groups is 1. The Kier molecular flexibility index (Phi) is 5.92. The molecule has 0 saturated carbocycles. The van der Waals surface area contributed by atoms with Gasteiger partial charge in [-0.05, 0) is 30.2 Å². The van der Waals surface area contributed by atoms with Crippen molar-refractivity contribution >= 4 is 28.8 Å². The van der Waals surface area contributed by atoms with Gasteiger partial charge in [-0.3, -0.25) is 4.79 Å². The number of rotatable bonds is 6. The molecule has 0 saturated heterocycles. The number of benzene rings is 1. The van der Waals surface area contributed by atoms with Crippen molar-refractivity contribution in [2.75, 3.05) is 25.7 Å². The largest absolute Gasteiger partial charge is 0.389 e. The number of hydrogen-bond donors (Lipinski definition) is 1. The second kappa shape index (κ2) is 7.21. The zero-order chi connectivity index (χ0) is 14.4. The van der Waals surface area contributed by atoms with Crippen LogP contribution in [0.4, 0.5) is 5.69 Å². The molecule has 104 valence electrons. The quantitative estimate of drug-likeness (QED) is 0.809. The lowest BCUT2D eigenvalue weighted by Crippen LogP contribution is -2.28. The number of amides is 1. The second-order valence-corrected chi connectivity index (χ2v) is 5.07. The van der Waals surface area contributed by atoms with E-state index in [0.717, 1.165) is 11.3 Å². The van der Waals surface area contributed by atoms with Crippen LogP contribution in [0, 0.1) is 5.92 Å². The molecule has 0 aliphatic carbocycles. The summed E-state index contributed by atoms with van der Waals surface area (Å²) in [6.45, 7) is 2.57. The van der Waals surface area contributed by atoms with Crippen molar-refractivity contribution < 1.29 is 9.53 Å². The maximum atomic E-state index is 12.1. The van der Waals surface area contributed by atoms with E-state index in [1.807, 2.05) is 31.2 Å². The van der Waals surface area contributed by atoms with Crippen LogP contribution in [0.25, 0.3) is 0 Å². The minimum atomic E-state index is 0.0626. The van der Waals surface area contributed by atoms with E-state index >= 15 is 0 Å². The topological polar surface area (TPSA) is 55.6 Å². The number of anilines is 1. The molecule has 1 unspecified atom stereocenters. The molecule has 0 aromatic heterocycles. The van der Waals surface area contributed by atoms with Gasteiger partial charge in [-0.15, -0.1) is 0 Å². The highest BCUT2D eigenvalue weighted by atomic mass is 32.1. The van der Waals surface area contributed by atoms with E-state index in [4.69, 9.17) is 22.7 Å². The van der Waals surface area contributed by atoms with Crippen LogP contribution in [0.1, 0.15) is 18.9 Å². The Bertz CT molecular complexity index is 445. The standard InChI is InChI=1S/C14H20N2O2S/c1-10(9-18-3)8-13(17)16(2)12-6-4-11(5-7-12)14(15)19/h4-7,10H,8-9H2,1-3H3,(H2,15,19). The molecular formula is C14H20N2O2S. The number of hydrogen-bond acceptors (Lipinski definition) is 3. The molecule has 0 fully saturated rings. The zero-order valence-corrected chi connectivity index (χ0v) is 12.4. The number of ether oxygens (including phenoxy) is 1. The zero-order valence-electron chi connectivity index (χ0n) is 11.6. The Hall–Kier alpha value is -1.46. The van der Waals surface area contributed by atoms with Gasteiger partial charge in [0.25, 0.3) is 0 Å². The summed E-state index contributed by atoms with van der Waals surface area (Å²) in [6.07, 6.45) is 0.460. The maximum Gasteiger partial charge on any atom is 0.227 e. The third kappa shape index (κ3) is 4.61. The number of nitrogens with two attached hydrogens (primary N) is 1. The highest BCUT2D eigenvalue weighted by Gasteiger charge is 2.14. The van der Waals surface area contributed by atoms with Gasteiger partial charge in [-0.1, -0.05) is 19.1 Å². The average Bonchev–Trinajstić information content (AvgIpc) is 2.38. The Morgan fingerprint density at radius 2 is 2.00 bits per heavy atom. The molecule has 0 heterocycles. The first-order valence-electron chi connectivity index (χ1n) is 6.11. The van der Waals surface area contributed by atoms with Crippen LogP contribution in [0.2, 0.25) is 0 Å². The van der Waals surface area contributed by atoms with Crippen LogP contribution in [0.15, 0.2) is 24.3 Å². The van der Waals surface area contributed by atoms with Gasteiger partial charge in [-0.2, -0.15) is 0 Å². The van der Waals surface area contributed by atoms with E-state index < -0.39 is 0 Å². The molecular weight excluding hydrogens is 260 g/mol. The van der Waals surface area contributed by atoms with E-state index in [2.05, 4.69) is 0 Å². The number of nitrogens with zero attached hydrogens (tertiary/aromatic N) is 1. The van der Waals surface area contributed by atoms with Crippen LogP contribution in [0.5, 0.6) is 0 Å². The minimum Gasteiger partial charge on any atom is -0.389 e. The van der Waals surface area contributed by atoms with Gasteiger partial charge in [0.05, 0.1) is 0 Å². The van der Waals surface area contributed by atoms with E-state index in [1.165, 1.54) is 0 Å². The highest BCUT2D eigenvalue weighted by Crippen LogP contribution is 2.16. The van der Waals surface area contributed by atoms with Crippen LogP contribution in [0.3, 0.4) is 0 Å². The van der Waals surface area contributed by atoms with Crippen LogP contribution >= 0.6 is 12.2 Å². The van der Waals surface area contributed by atoms with Crippen molar-refractivity contribution in [2.45, 2.75) is 13.3 Å². The van der Waals surface area contributed by atoms with Crippen molar-refractivity contribution in [1.82, 2.24) is 0 Å². The smallest absolute Gasteiger partial charge is 0.227 e. The monoisotopic (exact) mass is 280 g/mol. The summed E-state index contributed by atoms with van der Waals surface area (Å²) >= 11 is 4.89. The van der Waals surface area contributed by atoms with Gasteiger partial charge >= 0.3 is 0 Å². The fourth-order valence-corrected chi connectivity index (χ4v) is 1.91. The van der Waals surface area contributed by atoms with Gasteiger partial charge in [0, 0.05) is 38.4 Å². The van der Waals surface area contributed by atoms with Crippen LogP contribution in [-0.2, 0) is 9.53 Å². The molecule has 1 aromatic carbocycles. The molecule has 0 radical (unpaired) electrons. The Balaban J connectivity index is 2.68. The second-order valence-electron chi connectivity index (χ2n) is 4.63. The van der Waals surface area contributed by atoms with Crippen molar-refractivity contribution in [3.8, 4) is 0 Å². The molecule has 19 heavy (non-hydrogen) atoms. The van der Waals surface area contributed by atoms with Crippen molar-refractivity contribution in [3.63, 3.8) is 0 Å². The predicted molar refractivity (Wildman–Crippen MR) is 81.4 cm³/mol.